The molecule has 4 N–H and O–H groups in total. The van der Waals surface area contributed by atoms with Crippen molar-refractivity contribution < 1.29 is 14.3 Å². The number of rotatable bonds is 13. The van der Waals surface area contributed by atoms with Crippen LogP contribution in [0.4, 0.5) is 0 Å². The first-order valence-electron chi connectivity index (χ1n) is 10.7. The van der Waals surface area contributed by atoms with Gasteiger partial charge in [-0.3, -0.25) is 9.59 Å². The molecule has 6 heteroatoms. The van der Waals surface area contributed by atoms with Crippen molar-refractivity contribution in [3.8, 4) is 0 Å². The first kappa shape index (κ1) is 26.9. The van der Waals surface area contributed by atoms with E-state index >= 15 is 0 Å². The summed E-state index contributed by atoms with van der Waals surface area (Å²) in [7, 11) is 0. The van der Waals surface area contributed by atoms with Gasteiger partial charge in [-0.2, -0.15) is 0 Å². The highest BCUT2D eigenvalue weighted by Gasteiger charge is 2.34. The lowest BCUT2D eigenvalue weighted by Crippen LogP contribution is -2.52. The molecule has 0 bridgehead atoms. The van der Waals surface area contributed by atoms with E-state index in [2.05, 4.69) is 31.4 Å². The molecule has 28 heavy (non-hydrogen) atoms. The fourth-order valence-electron chi connectivity index (χ4n) is 3.42. The van der Waals surface area contributed by atoms with E-state index in [0.717, 1.165) is 25.7 Å². The zero-order chi connectivity index (χ0) is 22.0. The summed E-state index contributed by atoms with van der Waals surface area (Å²) in [6.45, 7) is 17.4. The first-order valence-corrected chi connectivity index (χ1v) is 10.7. The fourth-order valence-corrected chi connectivity index (χ4v) is 3.42. The molecule has 2 atom stereocenters. The number of carbonyl (C=O) groups is 2. The second kappa shape index (κ2) is 12.4. The summed E-state index contributed by atoms with van der Waals surface area (Å²) >= 11 is 0. The number of hydrogen-bond acceptors (Lipinski definition) is 4. The summed E-state index contributed by atoms with van der Waals surface area (Å²) in [5, 5.41) is 6.02. The molecule has 166 valence electrons. The van der Waals surface area contributed by atoms with Crippen LogP contribution in [0.3, 0.4) is 0 Å². The monoisotopic (exact) mass is 399 g/mol. The molecule has 0 saturated heterocycles. The first-order chi connectivity index (χ1) is 12.8. The fraction of sp³-hybridized carbons (Fsp3) is 0.909. The van der Waals surface area contributed by atoms with Gasteiger partial charge in [0.2, 0.25) is 11.8 Å². The molecule has 0 heterocycles. The van der Waals surface area contributed by atoms with Crippen molar-refractivity contribution in [1.29, 1.82) is 0 Å². The van der Waals surface area contributed by atoms with Gasteiger partial charge in [0.25, 0.3) is 0 Å². The molecular weight excluding hydrogens is 354 g/mol. The zero-order valence-corrected chi connectivity index (χ0v) is 19.5. The SMILES string of the molecule is CC(CCOC(C)C)NC(=O)C(CCCCN)NC(=O)C(C)(C)CC(C)(C)C. The molecule has 0 saturated carbocycles. The summed E-state index contributed by atoms with van der Waals surface area (Å²) < 4.78 is 5.55. The van der Waals surface area contributed by atoms with Gasteiger partial charge in [-0.25, -0.2) is 0 Å². The Kier molecular flexibility index (Phi) is 11.9. The molecule has 0 spiro atoms. The Hall–Kier alpha value is -1.14. The zero-order valence-electron chi connectivity index (χ0n) is 19.5. The molecule has 2 amide bonds. The average Bonchev–Trinajstić information content (AvgIpc) is 2.51. The second-order valence-corrected chi connectivity index (χ2v) is 10.0. The average molecular weight is 400 g/mol. The lowest BCUT2D eigenvalue weighted by molar-refractivity contribution is -0.135. The van der Waals surface area contributed by atoms with E-state index in [0.29, 0.717) is 19.6 Å². The maximum Gasteiger partial charge on any atom is 0.242 e. The molecule has 0 aromatic rings. The van der Waals surface area contributed by atoms with Crippen molar-refractivity contribution >= 4 is 11.8 Å². The van der Waals surface area contributed by atoms with Gasteiger partial charge in [0.1, 0.15) is 6.04 Å². The molecule has 0 aromatic heterocycles. The van der Waals surface area contributed by atoms with Gasteiger partial charge >= 0.3 is 0 Å². The van der Waals surface area contributed by atoms with Crippen molar-refractivity contribution in [2.75, 3.05) is 13.2 Å². The van der Waals surface area contributed by atoms with Gasteiger partial charge in [0.05, 0.1) is 6.10 Å². The van der Waals surface area contributed by atoms with Crippen LogP contribution in [0.15, 0.2) is 0 Å². The molecule has 0 aliphatic rings. The van der Waals surface area contributed by atoms with Crippen LogP contribution in [0, 0.1) is 10.8 Å². The van der Waals surface area contributed by atoms with Crippen LogP contribution >= 0.6 is 0 Å². The van der Waals surface area contributed by atoms with Gasteiger partial charge < -0.3 is 21.1 Å². The van der Waals surface area contributed by atoms with E-state index in [1.54, 1.807) is 0 Å². The predicted octanol–water partition coefficient (Wildman–Crippen LogP) is 3.38. The van der Waals surface area contributed by atoms with Crippen LogP contribution < -0.4 is 16.4 Å². The van der Waals surface area contributed by atoms with Crippen molar-refractivity contribution in [2.45, 2.75) is 106 Å². The van der Waals surface area contributed by atoms with Crippen LogP contribution in [-0.4, -0.2) is 43.2 Å². The third-order valence-electron chi connectivity index (χ3n) is 4.55. The topological polar surface area (TPSA) is 93.4 Å². The Bertz CT molecular complexity index is 470. The largest absolute Gasteiger partial charge is 0.379 e. The molecule has 0 fully saturated rings. The minimum atomic E-state index is -0.540. The van der Waals surface area contributed by atoms with Gasteiger partial charge in [-0.1, -0.05) is 34.6 Å². The number of hydrogen-bond donors (Lipinski definition) is 3. The number of carbonyl (C=O) groups excluding carboxylic acids is 2. The van der Waals surface area contributed by atoms with Crippen LogP contribution in [0.2, 0.25) is 0 Å². The lowest BCUT2D eigenvalue weighted by Gasteiger charge is -2.33. The number of ether oxygens (including phenoxy) is 1. The van der Waals surface area contributed by atoms with Crippen molar-refractivity contribution in [3.63, 3.8) is 0 Å². The standard InChI is InChI=1S/C22H45N3O3/c1-16(2)28-14-12-17(3)24-19(26)18(11-9-10-13-23)25-20(27)22(7,8)15-21(4,5)6/h16-18H,9-15,23H2,1-8H3,(H,24,26)(H,25,27). The third-order valence-corrected chi connectivity index (χ3v) is 4.55. The predicted molar refractivity (Wildman–Crippen MR) is 116 cm³/mol. The highest BCUT2D eigenvalue weighted by molar-refractivity contribution is 5.89. The summed E-state index contributed by atoms with van der Waals surface area (Å²) in [5.74, 6) is -0.208. The third kappa shape index (κ3) is 12.3. The molecule has 0 aliphatic heterocycles. The smallest absolute Gasteiger partial charge is 0.242 e. The molecule has 6 nitrogen and oxygen atoms in total. The van der Waals surface area contributed by atoms with Crippen LogP contribution in [0.1, 0.15) is 87.5 Å². The Morgan fingerprint density at radius 1 is 0.964 bits per heavy atom. The van der Waals surface area contributed by atoms with E-state index in [9.17, 15) is 9.59 Å². The second-order valence-electron chi connectivity index (χ2n) is 10.0. The highest BCUT2D eigenvalue weighted by atomic mass is 16.5. The van der Waals surface area contributed by atoms with Gasteiger partial charge in [-0.05, 0) is 64.8 Å². The molecule has 0 aromatic carbocycles. The Labute approximate surface area is 172 Å². The maximum atomic E-state index is 12.9. The summed E-state index contributed by atoms with van der Waals surface area (Å²) in [4.78, 5) is 25.7. The van der Waals surface area contributed by atoms with Gasteiger partial charge in [0, 0.05) is 18.1 Å². The number of nitrogens with one attached hydrogen (secondary N) is 2. The van der Waals surface area contributed by atoms with E-state index in [1.165, 1.54) is 0 Å². The summed E-state index contributed by atoms with van der Waals surface area (Å²) in [6, 6.07) is -0.547. The normalized spacial score (nSPS) is 14.6. The maximum absolute atomic E-state index is 12.9. The van der Waals surface area contributed by atoms with Crippen molar-refractivity contribution in [1.82, 2.24) is 10.6 Å². The Balaban J connectivity index is 4.91. The van der Waals surface area contributed by atoms with Gasteiger partial charge in [0.15, 0.2) is 0 Å². The molecule has 0 radical (unpaired) electrons. The van der Waals surface area contributed by atoms with Crippen LogP contribution in [0.5, 0.6) is 0 Å². The Morgan fingerprint density at radius 2 is 1.57 bits per heavy atom. The minimum Gasteiger partial charge on any atom is -0.379 e. The van der Waals surface area contributed by atoms with E-state index in [-0.39, 0.29) is 29.4 Å². The lowest BCUT2D eigenvalue weighted by atomic mass is 9.75. The van der Waals surface area contributed by atoms with Crippen LogP contribution in [-0.2, 0) is 14.3 Å². The Morgan fingerprint density at radius 3 is 2.07 bits per heavy atom. The van der Waals surface area contributed by atoms with E-state index < -0.39 is 11.5 Å². The van der Waals surface area contributed by atoms with Crippen molar-refractivity contribution in [2.24, 2.45) is 16.6 Å². The van der Waals surface area contributed by atoms with Crippen molar-refractivity contribution in [3.05, 3.63) is 0 Å². The summed E-state index contributed by atoms with van der Waals surface area (Å²) in [6.07, 6.45) is 3.89. The molecule has 0 aliphatic carbocycles. The van der Waals surface area contributed by atoms with E-state index in [4.69, 9.17) is 10.5 Å². The number of amides is 2. The van der Waals surface area contributed by atoms with E-state index in [1.807, 2.05) is 34.6 Å². The number of nitrogens with two attached hydrogens (primary N) is 1. The summed E-state index contributed by atoms with van der Waals surface area (Å²) in [5.41, 5.74) is 5.08. The minimum absolute atomic E-state index is 0.0113. The van der Waals surface area contributed by atoms with Gasteiger partial charge in [-0.15, -0.1) is 0 Å². The quantitative estimate of drug-likeness (QED) is 0.414. The molecular formula is C22H45N3O3. The number of unbranched alkanes of at least 4 members (excludes halogenated alkanes) is 1. The molecule has 2 unspecified atom stereocenters. The van der Waals surface area contributed by atoms with Crippen LogP contribution in [0.25, 0.3) is 0 Å². The molecule has 0 rings (SSSR count). The highest BCUT2D eigenvalue weighted by Crippen LogP contribution is 2.33.